The van der Waals surface area contributed by atoms with Crippen molar-refractivity contribution in [2.75, 3.05) is 5.88 Å². The second kappa shape index (κ2) is 6.77. The van der Waals surface area contributed by atoms with Gasteiger partial charge in [0.25, 0.3) is 0 Å². The molecule has 0 nitrogen and oxygen atoms in total. The molecule has 0 rings (SSSR count). The van der Waals surface area contributed by atoms with Gasteiger partial charge in [-0.2, -0.15) is 0 Å². The van der Waals surface area contributed by atoms with Crippen molar-refractivity contribution >= 4 is 11.6 Å². The van der Waals surface area contributed by atoms with Crippen LogP contribution in [0, 0.1) is 17.8 Å². The molecule has 0 aromatic carbocycles. The highest BCUT2D eigenvalue weighted by Crippen LogP contribution is 2.25. The molecule has 1 heteroatoms. The fourth-order valence-electron chi connectivity index (χ4n) is 1.56. The summed E-state index contributed by atoms with van der Waals surface area (Å²) in [7, 11) is 0. The minimum atomic E-state index is 0.719. The Morgan fingerprint density at radius 3 is 1.83 bits per heavy atom. The Bertz CT molecular complexity index is 95.2. The summed E-state index contributed by atoms with van der Waals surface area (Å²) in [6.45, 7) is 9.10. The van der Waals surface area contributed by atoms with E-state index in [1.54, 1.807) is 0 Å². The van der Waals surface area contributed by atoms with Gasteiger partial charge in [0.15, 0.2) is 0 Å². The van der Waals surface area contributed by atoms with Crippen LogP contribution in [0.15, 0.2) is 0 Å². The lowest BCUT2D eigenvalue weighted by Gasteiger charge is -2.22. The van der Waals surface area contributed by atoms with Crippen molar-refractivity contribution in [3.8, 4) is 0 Å². The molecule has 0 aromatic heterocycles. The van der Waals surface area contributed by atoms with Crippen molar-refractivity contribution in [3.63, 3.8) is 0 Å². The van der Waals surface area contributed by atoms with E-state index < -0.39 is 0 Å². The van der Waals surface area contributed by atoms with Crippen molar-refractivity contribution < 1.29 is 0 Å². The molecule has 0 N–H and O–H groups in total. The minimum absolute atomic E-state index is 0.719. The van der Waals surface area contributed by atoms with Gasteiger partial charge in [-0.3, -0.25) is 0 Å². The third-order valence-electron chi connectivity index (χ3n) is 2.93. The molecule has 0 aromatic rings. The SMILES string of the molecule is CCC(CC)CC(CCl)C(C)C. The summed E-state index contributed by atoms with van der Waals surface area (Å²) in [5.74, 6) is 3.17. The van der Waals surface area contributed by atoms with Crippen LogP contribution in [0.2, 0.25) is 0 Å². The van der Waals surface area contributed by atoms with Gasteiger partial charge < -0.3 is 0 Å². The first kappa shape index (κ1) is 12.3. The minimum Gasteiger partial charge on any atom is -0.126 e. The van der Waals surface area contributed by atoms with Gasteiger partial charge in [0, 0.05) is 5.88 Å². The quantitative estimate of drug-likeness (QED) is 0.548. The van der Waals surface area contributed by atoms with Crippen molar-refractivity contribution in [1.29, 1.82) is 0 Å². The molecule has 0 fully saturated rings. The normalized spacial score (nSPS) is 14.2. The summed E-state index contributed by atoms with van der Waals surface area (Å²) in [5.41, 5.74) is 0. The van der Waals surface area contributed by atoms with Crippen LogP contribution < -0.4 is 0 Å². The molecule has 0 spiro atoms. The molecule has 0 saturated heterocycles. The van der Waals surface area contributed by atoms with Crippen molar-refractivity contribution in [2.45, 2.75) is 47.0 Å². The predicted octanol–water partition coefficient (Wildman–Crippen LogP) is 4.32. The lowest BCUT2D eigenvalue weighted by molar-refractivity contribution is 0.310. The Hall–Kier alpha value is 0.290. The van der Waals surface area contributed by atoms with Gasteiger partial charge in [-0.25, -0.2) is 0 Å². The second-order valence-corrected chi connectivity index (χ2v) is 4.39. The van der Waals surface area contributed by atoms with Crippen LogP contribution in [-0.4, -0.2) is 5.88 Å². The third kappa shape index (κ3) is 4.35. The molecule has 1 unspecified atom stereocenters. The molecule has 0 heterocycles. The van der Waals surface area contributed by atoms with Crippen LogP contribution in [0.3, 0.4) is 0 Å². The van der Waals surface area contributed by atoms with Crippen LogP contribution in [0.5, 0.6) is 0 Å². The zero-order valence-electron chi connectivity index (χ0n) is 8.94. The first-order chi connectivity index (χ1) is 5.65. The van der Waals surface area contributed by atoms with Crippen LogP contribution in [0.4, 0.5) is 0 Å². The smallest absolute Gasteiger partial charge is 0.0254 e. The first-order valence-corrected chi connectivity index (χ1v) is 5.75. The Labute approximate surface area is 82.7 Å². The van der Waals surface area contributed by atoms with Crippen molar-refractivity contribution in [3.05, 3.63) is 0 Å². The maximum absolute atomic E-state index is 5.92. The van der Waals surface area contributed by atoms with E-state index in [0.29, 0.717) is 0 Å². The molecule has 0 bridgehead atoms. The number of halogens is 1. The highest BCUT2D eigenvalue weighted by molar-refractivity contribution is 6.18. The van der Waals surface area contributed by atoms with E-state index in [-0.39, 0.29) is 0 Å². The number of hydrogen-bond acceptors (Lipinski definition) is 0. The topological polar surface area (TPSA) is 0 Å². The van der Waals surface area contributed by atoms with E-state index >= 15 is 0 Å². The Balaban J connectivity index is 3.82. The molecular weight excluding hydrogens is 168 g/mol. The van der Waals surface area contributed by atoms with Crippen LogP contribution in [0.25, 0.3) is 0 Å². The lowest BCUT2D eigenvalue weighted by Crippen LogP contribution is -2.15. The largest absolute Gasteiger partial charge is 0.126 e. The zero-order chi connectivity index (χ0) is 9.56. The average molecular weight is 191 g/mol. The van der Waals surface area contributed by atoms with E-state index in [0.717, 1.165) is 23.6 Å². The van der Waals surface area contributed by atoms with Crippen LogP contribution >= 0.6 is 11.6 Å². The van der Waals surface area contributed by atoms with E-state index in [2.05, 4.69) is 27.7 Å². The maximum atomic E-state index is 5.92. The van der Waals surface area contributed by atoms with Gasteiger partial charge in [0.05, 0.1) is 0 Å². The Morgan fingerprint density at radius 1 is 1.08 bits per heavy atom. The number of rotatable bonds is 6. The summed E-state index contributed by atoms with van der Waals surface area (Å²) in [6.07, 6.45) is 3.92. The average Bonchev–Trinajstić information content (AvgIpc) is 2.06. The maximum Gasteiger partial charge on any atom is 0.0254 e. The Kier molecular flexibility index (Phi) is 6.93. The van der Waals surface area contributed by atoms with Gasteiger partial charge in [-0.1, -0.05) is 40.5 Å². The molecule has 1 atom stereocenters. The Morgan fingerprint density at radius 2 is 1.58 bits per heavy atom. The van der Waals surface area contributed by atoms with Crippen molar-refractivity contribution in [1.82, 2.24) is 0 Å². The summed E-state index contributed by atoms with van der Waals surface area (Å²) in [5, 5.41) is 0. The summed E-state index contributed by atoms with van der Waals surface area (Å²) in [4.78, 5) is 0. The predicted molar refractivity (Wildman–Crippen MR) is 57.7 cm³/mol. The zero-order valence-corrected chi connectivity index (χ0v) is 9.69. The van der Waals surface area contributed by atoms with Crippen LogP contribution in [-0.2, 0) is 0 Å². The molecule has 0 aliphatic carbocycles. The third-order valence-corrected chi connectivity index (χ3v) is 3.33. The molecule has 0 saturated carbocycles. The van der Waals surface area contributed by atoms with Gasteiger partial charge in [-0.15, -0.1) is 11.6 Å². The lowest BCUT2D eigenvalue weighted by atomic mass is 9.85. The fraction of sp³-hybridized carbons (Fsp3) is 1.00. The summed E-state index contributed by atoms with van der Waals surface area (Å²) >= 11 is 5.92. The van der Waals surface area contributed by atoms with Gasteiger partial charge >= 0.3 is 0 Å². The summed E-state index contributed by atoms with van der Waals surface area (Å²) in [6, 6.07) is 0. The van der Waals surface area contributed by atoms with E-state index in [9.17, 15) is 0 Å². The molecule has 0 radical (unpaired) electrons. The van der Waals surface area contributed by atoms with Crippen LogP contribution in [0.1, 0.15) is 47.0 Å². The molecule has 12 heavy (non-hydrogen) atoms. The summed E-state index contributed by atoms with van der Waals surface area (Å²) < 4.78 is 0. The molecule has 74 valence electrons. The fourth-order valence-corrected chi connectivity index (χ4v) is 2.05. The monoisotopic (exact) mass is 190 g/mol. The number of hydrogen-bond donors (Lipinski definition) is 0. The second-order valence-electron chi connectivity index (χ2n) is 4.08. The van der Waals surface area contributed by atoms with Crippen molar-refractivity contribution in [2.24, 2.45) is 17.8 Å². The molecule has 0 amide bonds. The molecule has 0 aliphatic rings. The van der Waals surface area contributed by atoms with E-state index in [4.69, 9.17) is 11.6 Å². The van der Waals surface area contributed by atoms with E-state index in [1.807, 2.05) is 0 Å². The van der Waals surface area contributed by atoms with Gasteiger partial charge in [-0.05, 0) is 24.2 Å². The molecular formula is C11H23Cl. The van der Waals surface area contributed by atoms with E-state index in [1.165, 1.54) is 19.3 Å². The molecule has 0 aliphatic heterocycles. The highest BCUT2D eigenvalue weighted by Gasteiger charge is 2.16. The standard InChI is InChI=1S/C11H23Cl/c1-5-10(6-2)7-11(8-12)9(3)4/h9-11H,5-8H2,1-4H3. The highest BCUT2D eigenvalue weighted by atomic mass is 35.5. The van der Waals surface area contributed by atoms with Gasteiger partial charge in [0.2, 0.25) is 0 Å². The first-order valence-electron chi connectivity index (χ1n) is 5.21. The van der Waals surface area contributed by atoms with Gasteiger partial charge in [0.1, 0.15) is 0 Å². The number of alkyl halides is 1.